The lowest BCUT2D eigenvalue weighted by atomic mass is 9.95. The highest BCUT2D eigenvalue weighted by molar-refractivity contribution is 5.95. The number of piperidine rings is 1. The van der Waals surface area contributed by atoms with Crippen molar-refractivity contribution < 1.29 is 28.6 Å². The van der Waals surface area contributed by atoms with Gasteiger partial charge in [-0.1, -0.05) is 0 Å². The van der Waals surface area contributed by atoms with Crippen molar-refractivity contribution in [3.8, 4) is 11.5 Å². The molecule has 0 spiro atoms. The number of nitrogens with zero attached hydrogens (tertiary/aromatic N) is 2. The Morgan fingerprint density at radius 1 is 1.05 bits per heavy atom. The van der Waals surface area contributed by atoms with Gasteiger partial charge in [0.15, 0.2) is 0 Å². The lowest BCUT2D eigenvalue weighted by molar-refractivity contribution is -0.131. The number of hydrogen-bond donors (Lipinski definition) is 2. The molecule has 2 amide bonds. The predicted molar refractivity (Wildman–Crippen MR) is 142 cm³/mol. The topological polar surface area (TPSA) is 123 Å². The van der Waals surface area contributed by atoms with Gasteiger partial charge in [0, 0.05) is 57.3 Å². The van der Waals surface area contributed by atoms with E-state index in [1.807, 2.05) is 4.90 Å². The number of esters is 1. The minimum absolute atomic E-state index is 0.00118. The third-order valence-electron chi connectivity index (χ3n) is 6.99. The van der Waals surface area contributed by atoms with Gasteiger partial charge in [0.2, 0.25) is 0 Å². The van der Waals surface area contributed by atoms with E-state index in [0.29, 0.717) is 60.5 Å². The number of benzene rings is 2. The maximum absolute atomic E-state index is 12.9. The van der Waals surface area contributed by atoms with Crippen LogP contribution in [0.3, 0.4) is 0 Å². The number of rotatable bonds is 8. The molecule has 10 nitrogen and oxygen atoms in total. The highest BCUT2D eigenvalue weighted by atomic mass is 16.5. The maximum atomic E-state index is 12.9. The van der Waals surface area contributed by atoms with Crippen LogP contribution in [0.4, 0.5) is 5.69 Å². The first-order valence-corrected chi connectivity index (χ1v) is 13.0. The number of nitrogen functional groups attached to an aromatic ring is 1. The van der Waals surface area contributed by atoms with Crippen LogP contribution in [0.5, 0.6) is 11.5 Å². The van der Waals surface area contributed by atoms with E-state index in [9.17, 15) is 14.4 Å². The van der Waals surface area contributed by atoms with Crippen molar-refractivity contribution in [1.29, 1.82) is 0 Å². The molecular formula is C28H36N4O6. The van der Waals surface area contributed by atoms with E-state index in [1.165, 1.54) is 14.0 Å². The van der Waals surface area contributed by atoms with Gasteiger partial charge in [-0.25, -0.2) is 0 Å². The fourth-order valence-electron chi connectivity index (χ4n) is 4.93. The van der Waals surface area contributed by atoms with Gasteiger partial charge < -0.3 is 30.2 Å². The van der Waals surface area contributed by atoms with Gasteiger partial charge in [-0.2, -0.15) is 0 Å². The molecule has 2 heterocycles. The summed E-state index contributed by atoms with van der Waals surface area (Å²) in [6.07, 6.45) is 1.80. The molecule has 0 aliphatic carbocycles. The molecule has 10 heteroatoms. The minimum atomic E-state index is -0.387. The molecule has 2 aliphatic heterocycles. The Morgan fingerprint density at radius 2 is 1.76 bits per heavy atom. The number of hydrogen-bond acceptors (Lipinski definition) is 8. The zero-order valence-electron chi connectivity index (χ0n) is 22.0. The molecule has 1 atom stereocenters. The normalized spacial score (nSPS) is 18.6. The number of carbonyl (C=O) groups is 3. The van der Waals surface area contributed by atoms with Gasteiger partial charge in [0.05, 0.1) is 25.5 Å². The zero-order valence-corrected chi connectivity index (χ0v) is 22.0. The zero-order chi connectivity index (χ0) is 27.1. The van der Waals surface area contributed by atoms with Crippen LogP contribution in [0.25, 0.3) is 0 Å². The molecule has 4 rings (SSSR count). The standard InChI is InChI=1S/C28H36N4O6/c1-19(33)38-23-6-3-21(4-7-23)28(35)32-11-9-20(10-12-32)17-31-13-14-37-24(18-31)16-30-27(34)22-5-8-25(29)26(15-22)36-2/h3-8,15,20,24H,9-14,16-18,29H2,1-2H3,(H,30,34). The lowest BCUT2D eigenvalue weighted by Crippen LogP contribution is -2.49. The summed E-state index contributed by atoms with van der Waals surface area (Å²) in [6, 6.07) is 11.7. The smallest absolute Gasteiger partial charge is 0.308 e. The highest BCUT2D eigenvalue weighted by Gasteiger charge is 2.28. The highest BCUT2D eigenvalue weighted by Crippen LogP contribution is 2.23. The third kappa shape index (κ3) is 7.23. The Hall–Kier alpha value is -3.63. The molecular weight excluding hydrogens is 488 g/mol. The molecule has 0 radical (unpaired) electrons. The largest absolute Gasteiger partial charge is 0.495 e. The van der Waals surface area contributed by atoms with Crippen molar-refractivity contribution in [3.05, 3.63) is 53.6 Å². The van der Waals surface area contributed by atoms with E-state index in [-0.39, 0.29) is 23.9 Å². The van der Waals surface area contributed by atoms with E-state index in [0.717, 1.165) is 32.5 Å². The number of likely N-dealkylation sites (tertiary alicyclic amines) is 1. The Bertz CT molecular complexity index is 1130. The van der Waals surface area contributed by atoms with E-state index in [1.54, 1.807) is 42.5 Å². The molecule has 204 valence electrons. The average molecular weight is 525 g/mol. The van der Waals surface area contributed by atoms with E-state index >= 15 is 0 Å². The summed E-state index contributed by atoms with van der Waals surface area (Å²) in [4.78, 5) is 40.8. The molecule has 2 fully saturated rings. The quantitative estimate of drug-likeness (QED) is 0.306. The van der Waals surface area contributed by atoms with Crippen LogP contribution in [0.1, 0.15) is 40.5 Å². The SMILES string of the molecule is COc1cc(C(=O)NCC2CN(CC3CCN(C(=O)c4ccc(OC(C)=O)cc4)CC3)CCO2)ccc1N. The third-order valence-corrected chi connectivity index (χ3v) is 6.99. The number of nitrogens with two attached hydrogens (primary N) is 1. The summed E-state index contributed by atoms with van der Waals surface area (Å²) in [5.41, 5.74) is 7.40. The summed E-state index contributed by atoms with van der Waals surface area (Å²) >= 11 is 0. The molecule has 0 bridgehead atoms. The van der Waals surface area contributed by atoms with E-state index < -0.39 is 0 Å². The summed E-state index contributed by atoms with van der Waals surface area (Å²) in [7, 11) is 1.52. The number of anilines is 1. The fourth-order valence-corrected chi connectivity index (χ4v) is 4.93. The first-order valence-electron chi connectivity index (χ1n) is 13.0. The van der Waals surface area contributed by atoms with Gasteiger partial charge in [-0.15, -0.1) is 0 Å². The second kappa shape index (κ2) is 12.7. The second-order valence-corrected chi connectivity index (χ2v) is 9.77. The first kappa shape index (κ1) is 27.4. The second-order valence-electron chi connectivity index (χ2n) is 9.77. The van der Waals surface area contributed by atoms with Crippen molar-refractivity contribution in [2.24, 2.45) is 5.92 Å². The summed E-state index contributed by atoms with van der Waals surface area (Å²) in [6.45, 7) is 6.37. The Kier molecular flexibility index (Phi) is 9.19. The summed E-state index contributed by atoms with van der Waals surface area (Å²) in [5.74, 6) is 0.827. The van der Waals surface area contributed by atoms with Crippen LogP contribution in [0, 0.1) is 5.92 Å². The number of nitrogens with one attached hydrogen (secondary N) is 1. The lowest BCUT2D eigenvalue weighted by Gasteiger charge is -2.38. The number of morpholine rings is 1. The Balaban J connectivity index is 1.20. The summed E-state index contributed by atoms with van der Waals surface area (Å²) < 4.78 is 16.1. The van der Waals surface area contributed by atoms with Crippen LogP contribution >= 0.6 is 0 Å². The molecule has 3 N–H and O–H groups in total. The molecule has 2 aromatic rings. The molecule has 0 saturated carbocycles. The molecule has 1 unspecified atom stereocenters. The van der Waals surface area contributed by atoms with Crippen LogP contribution in [-0.4, -0.2) is 86.7 Å². The number of amides is 2. The molecule has 0 aromatic heterocycles. The maximum Gasteiger partial charge on any atom is 0.308 e. The van der Waals surface area contributed by atoms with Gasteiger partial charge in [0.1, 0.15) is 11.5 Å². The first-order chi connectivity index (χ1) is 18.3. The fraction of sp³-hybridized carbons (Fsp3) is 0.464. The van der Waals surface area contributed by atoms with Crippen LogP contribution in [-0.2, 0) is 9.53 Å². The molecule has 38 heavy (non-hydrogen) atoms. The number of ether oxygens (including phenoxy) is 3. The Morgan fingerprint density at radius 3 is 2.45 bits per heavy atom. The monoisotopic (exact) mass is 524 g/mol. The van der Waals surface area contributed by atoms with Gasteiger partial charge in [-0.3, -0.25) is 19.3 Å². The van der Waals surface area contributed by atoms with Crippen LogP contribution < -0.4 is 20.5 Å². The van der Waals surface area contributed by atoms with Crippen molar-refractivity contribution in [2.75, 3.05) is 58.7 Å². The van der Waals surface area contributed by atoms with E-state index in [2.05, 4.69) is 10.2 Å². The van der Waals surface area contributed by atoms with Crippen LogP contribution in [0.15, 0.2) is 42.5 Å². The number of methoxy groups -OCH3 is 1. The minimum Gasteiger partial charge on any atom is -0.495 e. The van der Waals surface area contributed by atoms with Gasteiger partial charge >= 0.3 is 5.97 Å². The number of carbonyl (C=O) groups excluding carboxylic acids is 3. The van der Waals surface area contributed by atoms with E-state index in [4.69, 9.17) is 19.9 Å². The van der Waals surface area contributed by atoms with Crippen LogP contribution in [0.2, 0.25) is 0 Å². The predicted octanol–water partition coefficient (Wildman–Crippen LogP) is 2.19. The van der Waals surface area contributed by atoms with Crippen molar-refractivity contribution in [2.45, 2.75) is 25.9 Å². The van der Waals surface area contributed by atoms with Crippen molar-refractivity contribution in [1.82, 2.24) is 15.1 Å². The van der Waals surface area contributed by atoms with Gasteiger partial charge in [-0.05, 0) is 61.2 Å². The molecule has 2 aromatic carbocycles. The molecule has 2 aliphatic rings. The Labute approximate surface area is 223 Å². The van der Waals surface area contributed by atoms with Gasteiger partial charge in [0.25, 0.3) is 11.8 Å². The average Bonchev–Trinajstić information content (AvgIpc) is 2.92. The van der Waals surface area contributed by atoms with Crippen molar-refractivity contribution in [3.63, 3.8) is 0 Å². The molecule has 2 saturated heterocycles. The summed E-state index contributed by atoms with van der Waals surface area (Å²) in [5, 5.41) is 2.95. The van der Waals surface area contributed by atoms with Crippen molar-refractivity contribution >= 4 is 23.5 Å².